The average Bonchev–Trinajstić information content (AvgIpc) is 2.69. The number of non-ortho nitro benzene ring substituents is 1. The predicted molar refractivity (Wildman–Crippen MR) is 75.2 cm³/mol. The summed E-state index contributed by atoms with van der Waals surface area (Å²) >= 11 is 5.92. The van der Waals surface area contributed by atoms with Crippen LogP contribution in [0.4, 0.5) is 5.69 Å². The van der Waals surface area contributed by atoms with Crippen molar-refractivity contribution in [2.75, 3.05) is 6.54 Å². The van der Waals surface area contributed by atoms with Crippen LogP contribution in [0.1, 0.15) is 20.3 Å². The third kappa shape index (κ3) is 2.65. The standard InChI is InChI=1S/C12H15ClN2O4S/c1-8-5-9(2)14(7-8)20(18,19)12-6-10(15(16)17)3-4-11(12)13/h3-4,6,8-9H,5,7H2,1-2H3. The van der Waals surface area contributed by atoms with E-state index in [1.54, 1.807) is 0 Å². The molecule has 1 fully saturated rings. The largest absolute Gasteiger partial charge is 0.270 e. The molecule has 110 valence electrons. The highest BCUT2D eigenvalue weighted by atomic mass is 35.5. The number of hydrogen-bond donors (Lipinski definition) is 0. The molecule has 2 atom stereocenters. The highest BCUT2D eigenvalue weighted by Crippen LogP contribution is 2.33. The summed E-state index contributed by atoms with van der Waals surface area (Å²) in [5, 5.41) is 10.8. The van der Waals surface area contributed by atoms with E-state index in [-0.39, 0.29) is 27.6 Å². The van der Waals surface area contributed by atoms with E-state index in [0.717, 1.165) is 12.5 Å². The fraction of sp³-hybridized carbons (Fsp3) is 0.500. The first-order chi connectivity index (χ1) is 9.23. The second kappa shape index (κ2) is 5.31. The van der Waals surface area contributed by atoms with Crippen LogP contribution in [0.2, 0.25) is 5.02 Å². The fourth-order valence-electron chi connectivity index (χ4n) is 2.53. The summed E-state index contributed by atoms with van der Waals surface area (Å²) in [4.78, 5) is 9.95. The molecule has 1 saturated heterocycles. The molecule has 2 unspecified atom stereocenters. The van der Waals surface area contributed by atoms with Gasteiger partial charge in [0.05, 0.1) is 9.95 Å². The molecule has 0 aromatic heterocycles. The Morgan fingerprint density at radius 1 is 1.40 bits per heavy atom. The van der Waals surface area contributed by atoms with Gasteiger partial charge in [0.2, 0.25) is 10.0 Å². The summed E-state index contributed by atoms with van der Waals surface area (Å²) in [5.74, 6) is 0.261. The topological polar surface area (TPSA) is 80.5 Å². The lowest BCUT2D eigenvalue weighted by molar-refractivity contribution is -0.385. The number of halogens is 1. The van der Waals surface area contributed by atoms with Crippen LogP contribution in [-0.2, 0) is 10.0 Å². The van der Waals surface area contributed by atoms with Gasteiger partial charge < -0.3 is 0 Å². The summed E-state index contributed by atoms with van der Waals surface area (Å²) in [5.41, 5.74) is -0.284. The summed E-state index contributed by atoms with van der Waals surface area (Å²) in [7, 11) is -3.81. The van der Waals surface area contributed by atoms with Crippen molar-refractivity contribution in [3.05, 3.63) is 33.3 Å². The lowest BCUT2D eigenvalue weighted by Gasteiger charge is -2.21. The molecule has 0 amide bonds. The molecular weight excluding hydrogens is 304 g/mol. The lowest BCUT2D eigenvalue weighted by atomic mass is 10.1. The van der Waals surface area contributed by atoms with E-state index in [1.807, 2.05) is 13.8 Å². The van der Waals surface area contributed by atoms with E-state index in [9.17, 15) is 18.5 Å². The van der Waals surface area contributed by atoms with Gasteiger partial charge in [-0.15, -0.1) is 0 Å². The second-order valence-electron chi connectivity index (χ2n) is 5.14. The minimum atomic E-state index is -3.81. The molecule has 1 heterocycles. The first kappa shape index (κ1) is 15.2. The number of sulfonamides is 1. The number of benzene rings is 1. The van der Waals surface area contributed by atoms with Crippen LogP contribution < -0.4 is 0 Å². The van der Waals surface area contributed by atoms with Crippen molar-refractivity contribution in [2.24, 2.45) is 5.92 Å². The zero-order valence-corrected chi connectivity index (χ0v) is 12.7. The number of rotatable bonds is 3. The van der Waals surface area contributed by atoms with Gasteiger partial charge in [-0.05, 0) is 25.3 Å². The Labute approximate surface area is 122 Å². The van der Waals surface area contributed by atoms with Crippen molar-refractivity contribution in [2.45, 2.75) is 31.2 Å². The Balaban J connectivity index is 2.49. The van der Waals surface area contributed by atoms with Crippen LogP contribution in [0.3, 0.4) is 0 Å². The number of hydrogen-bond acceptors (Lipinski definition) is 4. The normalized spacial score (nSPS) is 23.9. The van der Waals surface area contributed by atoms with E-state index >= 15 is 0 Å². The maximum absolute atomic E-state index is 12.6. The van der Waals surface area contributed by atoms with Crippen LogP contribution >= 0.6 is 11.6 Å². The molecular formula is C12H15ClN2O4S. The summed E-state index contributed by atoms with van der Waals surface area (Å²) < 4.78 is 26.6. The zero-order chi connectivity index (χ0) is 15.1. The highest BCUT2D eigenvalue weighted by Gasteiger charge is 2.37. The molecule has 1 aliphatic rings. The molecule has 1 aromatic rings. The molecule has 20 heavy (non-hydrogen) atoms. The van der Waals surface area contributed by atoms with Gasteiger partial charge in [-0.2, -0.15) is 4.31 Å². The molecule has 1 aliphatic heterocycles. The van der Waals surface area contributed by atoms with Gasteiger partial charge in [0.25, 0.3) is 5.69 Å². The molecule has 6 nitrogen and oxygen atoms in total. The Morgan fingerprint density at radius 2 is 2.05 bits per heavy atom. The van der Waals surface area contributed by atoms with E-state index in [1.165, 1.54) is 16.4 Å². The molecule has 8 heteroatoms. The van der Waals surface area contributed by atoms with Crippen LogP contribution in [0.15, 0.2) is 23.1 Å². The first-order valence-corrected chi connectivity index (χ1v) is 8.01. The second-order valence-corrected chi connectivity index (χ2v) is 7.40. The van der Waals surface area contributed by atoms with Gasteiger partial charge in [-0.1, -0.05) is 18.5 Å². The van der Waals surface area contributed by atoms with Crippen LogP contribution in [0.5, 0.6) is 0 Å². The Hall–Kier alpha value is -1.18. The third-order valence-corrected chi connectivity index (χ3v) is 5.90. The monoisotopic (exact) mass is 318 g/mol. The van der Waals surface area contributed by atoms with E-state index in [0.29, 0.717) is 6.54 Å². The summed E-state index contributed by atoms with van der Waals surface area (Å²) in [6.07, 6.45) is 0.770. The van der Waals surface area contributed by atoms with Gasteiger partial charge in [-0.25, -0.2) is 8.42 Å². The lowest BCUT2D eigenvalue weighted by Crippen LogP contribution is -2.34. The molecule has 2 rings (SSSR count). The molecule has 0 saturated carbocycles. The van der Waals surface area contributed by atoms with Crippen molar-refractivity contribution in [3.63, 3.8) is 0 Å². The summed E-state index contributed by atoms with van der Waals surface area (Å²) in [6.45, 7) is 4.20. The highest BCUT2D eigenvalue weighted by molar-refractivity contribution is 7.89. The minimum Gasteiger partial charge on any atom is -0.258 e. The van der Waals surface area contributed by atoms with Gasteiger partial charge in [0, 0.05) is 24.7 Å². The van der Waals surface area contributed by atoms with Crippen molar-refractivity contribution in [3.8, 4) is 0 Å². The minimum absolute atomic E-state index is 0.00218. The summed E-state index contributed by atoms with van der Waals surface area (Å²) in [6, 6.07) is 3.33. The van der Waals surface area contributed by atoms with Crippen molar-refractivity contribution >= 4 is 27.3 Å². The maximum atomic E-state index is 12.6. The quantitative estimate of drug-likeness (QED) is 0.634. The predicted octanol–water partition coefficient (Wildman–Crippen LogP) is 2.67. The maximum Gasteiger partial charge on any atom is 0.270 e. The average molecular weight is 319 g/mol. The molecule has 0 radical (unpaired) electrons. The molecule has 0 spiro atoms. The van der Waals surface area contributed by atoms with Crippen molar-refractivity contribution in [1.29, 1.82) is 0 Å². The van der Waals surface area contributed by atoms with Crippen LogP contribution in [0.25, 0.3) is 0 Å². The molecule has 0 bridgehead atoms. The molecule has 1 aromatic carbocycles. The number of nitro groups is 1. The van der Waals surface area contributed by atoms with Crippen molar-refractivity contribution < 1.29 is 13.3 Å². The van der Waals surface area contributed by atoms with Gasteiger partial charge >= 0.3 is 0 Å². The van der Waals surface area contributed by atoms with Crippen molar-refractivity contribution in [1.82, 2.24) is 4.31 Å². The van der Waals surface area contributed by atoms with Crippen LogP contribution in [-0.4, -0.2) is 30.2 Å². The fourth-order valence-corrected chi connectivity index (χ4v) is 4.78. The zero-order valence-electron chi connectivity index (χ0n) is 11.1. The Bertz CT molecular complexity index is 647. The number of nitro benzene ring substituents is 1. The Kier molecular flexibility index (Phi) is 4.04. The van der Waals surface area contributed by atoms with Gasteiger partial charge in [-0.3, -0.25) is 10.1 Å². The van der Waals surface area contributed by atoms with E-state index in [4.69, 9.17) is 11.6 Å². The molecule has 0 aliphatic carbocycles. The smallest absolute Gasteiger partial charge is 0.258 e. The van der Waals surface area contributed by atoms with E-state index in [2.05, 4.69) is 0 Å². The van der Waals surface area contributed by atoms with Gasteiger partial charge in [0.15, 0.2) is 0 Å². The third-order valence-electron chi connectivity index (χ3n) is 3.44. The van der Waals surface area contributed by atoms with E-state index < -0.39 is 14.9 Å². The van der Waals surface area contributed by atoms with Crippen LogP contribution in [0, 0.1) is 16.0 Å². The SMILES string of the molecule is CC1CC(C)N(S(=O)(=O)c2cc([N+](=O)[O-])ccc2Cl)C1. The first-order valence-electron chi connectivity index (χ1n) is 6.19. The Morgan fingerprint density at radius 3 is 2.55 bits per heavy atom. The molecule has 0 N–H and O–H groups in total. The van der Waals surface area contributed by atoms with Gasteiger partial charge in [0.1, 0.15) is 4.90 Å². The number of nitrogens with zero attached hydrogens (tertiary/aromatic N) is 2.